The lowest BCUT2D eigenvalue weighted by atomic mass is 10.0. The molecule has 0 N–H and O–H groups in total. The average molecular weight is 463 g/mol. The largest absolute Gasteiger partial charge is 0.497 e. The third kappa shape index (κ3) is 5.36. The highest BCUT2D eigenvalue weighted by Crippen LogP contribution is 2.33. The second kappa shape index (κ2) is 10.9. The molecule has 0 saturated carbocycles. The molecule has 1 atom stereocenters. The van der Waals surface area contributed by atoms with E-state index in [4.69, 9.17) is 16.3 Å². The van der Waals surface area contributed by atoms with Gasteiger partial charge in [0.25, 0.3) is 0 Å². The Kier molecular flexibility index (Phi) is 8.26. The third-order valence-electron chi connectivity index (χ3n) is 5.71. The van der Waals surface area contributed by atoms with E-state index in [1.165, 1.54) is 0 Å². The number of rotatable bonds is 7. The van der Waals surface area contributed by atoms with Gasteiger partial charge in [-0.15, -0.1) is 17.5 Å². The minimum absolute atomic E-state index is 0. The zero-order valence-corrected chi connectivity index (χ0v) is 19.4. The number of nitrogens with zero attached hydrogens (tertiary/aromatic N) is 6. The molecule has 4 rings (SSSR count). The third-order valence-corrected chi connectivity index (χ3v) is 6.06. The van der Waals surface area contributed by atoms with Gasteiger partial charge in [-0.25, -0.2) is 4.68 Å². The number of tetrazole rings is 1. The topological polar surface area (TPSA) is 59.3 Å². The molecule has 0 radical (unpaired) electrons. The van der Waals surface area contributed by atoms with Crippen molar-refractivity contribution in [1.29, 1.82) is 0 Å². The molecule has 9 heteroatoms. The number of benzene rings is 2. The predicted octanol–water partition coefficient (Wildman–Crippen LogP) is 3.53. The summed E-state index contributed by atoms with van der Waals surface area (Å²) in [5, 5.41) is 13.5. The van der Waals surface area contributed by atoms with Crippen LogP contribution in [0.25, 0.3) is 0 Å². The summed E-state index contributed by atoms with van der Waals surface area (Å²) in [6, 6.07) is 15.9. The molecular weight excluding hydrogens is 435 g/mol. The number of halogens is 2. The van der Waals surface area contributed by atoms with E-state index in [1.807, 2.05) is 47.1 Å². The van der Waals surface area contributed by atoms with Crippen molar-refractivity contribution in [1.82, 2.24) is 30.0 Å². The number of likely N-dealkylation sites (N-methyl/N-ethyl adjacent to an activating group) is 1. The van der Waals surface area contributed by atoms with Gasteiger partial charge in [0, 0.05) is 31.2 Å². The van der Waals surface area contributed by atoms with Gasteiger partial charge >= 0.3 is 0 Å². The lowest BCUT2D eigenvalue weighted by Crippen LogP contribution is -2.48. The Labute approximate surface area is 194 Å². The summed E-state index contributed by atoms with van der Waals surface area (Å²) >= 11 is 6.63. The van der Waals surface area contributed by atoms with E-state index in [2.05, 4.69) is 38.3 Å². The summed E-state index contributed by atoms with van der Waals surface area (Å²) in [5.74, 6) is 1.64. The van der Waals surface area contributed by atoms with Crippen LogP contribution in [0.3, 0.4) is 0 Å². The van der Waals surface area contributed by atoms with Crippen LogP contribution in [0.1, 0.15) is 29.9 Å². The second-order valence-corrected chi connectivity index (χ2v) is 7.84. The zero-order chi connectivity index (χ0) is 20.9. The van der Waals surface area contributed by atoms with Crippen LogP contribution in [0.5, 0.6) is 5.75 Å². The Bertz CT molecular complexity index is 957. The van der Waals surface area contributed by atoms with Gasteiger partial charge in [-0.2, -0.15) is 0 Å². The first-order valence-corrected chi connectivity index (χ1v) is 10.7. The van der Waals surface area contributed by atoms with E-state index in [1.54, 1.807) is 7.11 Å². The average Bonchev–Trinajstić information content (AvgIpc) is 3.24. The second-order valence-electron chi connectivity index (χ2n) is 7.44. The first kappa shape index (κ1) is 23.5. The number of piperazine rings is 1. The van der Waals surface area contributed by atoms with Gasteiger partial charge in [-0.1, -0.05) is 48.9 Å². The van der Waals surface area contributed by atoms with Crippen LogP contribution in [-0.4, -0.2) is 69.8 Å². The van der Waals surface area contributed by atoms with E-state index in [0.717, 1.165) is 60.4 Å². The monoisotopic (exact) mass is 462 g/mol. The van der Waals surface area contributed by atoms with E-state index in [9.17, 15) is 0 Å². The first-order valence-electron chi connectivity index (χ1n) is 10.3. The molecule has 2 aromatic carbocycles. The Hall–Kier alpha value is -2.19. The first-order chi connectivity index (χ1) is 14.7. The van der Waals surface area contributed by atoms with E-state index in [0.29, 0.717) is 6.54 Å². The van der Waals surface area contributed by atoms with Gasteiger partial charge in [0.05, 0.1) is 19.7 Å². The number of hydrogen-bond donors (Lipinski definition) is 0. The molecule has 7 nitrogen and oxygen atoms in total. The summed E-state index contributed by atoms with van der Waals surface area (Å²) in [6.07, 6.45) is 0. The van der Waals surface area contributed by atoms with Crippen molar-refractivity contribution in [2.45, 2.75) is 19.5 Å². The van der Waals surface area contributed by atoms with Crippen molar-refractivity contribution in [3.05, 3.63) is 70.5 Å². The van der Waals surface area contributed by atoms with Gasteiger partial charge < -0.3 is 9.64 Å². The fourth-order valence-corrected chi connectivity index (χ4v) is 4.20. The molecule has 1 fully saturated rings. The lowest BCUT2D eigenvalue weighted by molar-refractivity contribution is 0.108. The molecule has 3 aromatic rings. The van der Waals surface area contributed by atoms with Crippen molar-refractivity contribution >= 4 is 24.0 Å². The van der Waals surface area contributed by atoms with Crippen molar-refractivity contribution in [3.8, 4) is 5.75 Å². The molecule has 1 aromatic heterocycles. The van der Waals surface area contributed by atoms with Gasteiger partial charge in [-0.3, -0.25) is 4.90 Å². The predicted molar refractivity (Wildman–Crippen MR) is 124 cm³/mol. The number of aromatic nitrogens is 4. The molecule has 1 aliphatic heterocycles. The lowest BCUT2D eigenvalue weighted by Gasteiger charge is -2.38. The van der Waals surface area contributed by atoms with Crippen molar-refractivity contribution in [3.63, 3.8) is 0 Å². The molecule has 166 valence electrons. The number of hydrogen-bond acceptors (Lipinski definition) is 6. The van der Waals surface area contributed by atoms with Crippen LogP contribution in [0.2, 0.25) is 5.02 Å². The quantitative estimate of drug-likeness (QED) is 0.535. The van der Waals surface area contributed by atoms with Crippen molar-refractivity contribution in [2.24, 2.45) is 0 Å². The molecule has 0 aliphatic carbocycles. The van der Waals surface area contributed by atoms with E-state index < -0.39 is 0 Å². The molecule has 1 aliphatic rings. The van der Waals surface area contributed by atoms with E-state index >= 15 is 0 Å². The maximum absolute atomic E-state index is 6.63. The molecule has 1 unspecified atom stereocenters. The van der Waals surface area contributed by atoms with Crippen molar-refractivity contribution in [2.75, 3.05) is 39.8 Å². The van der Waals surface area contributed by atoms with Gasteiger partial charge in [-0.05, 0) is 46.3 Å². The molecular formula is C22H28Cl2N6O. The minimum Gasteiger partial charge on any atom is -0.497 e. The van der Waals surface area contributed by atoms with Gasteiger partial charge in [0.2, 0.25) is 0 Å². The number of methoxy groups -OCH3 is 1. The summed E-state index contributed by atoms with van der Waals surface area (Å²) in [5.41, 5.74) is 2.15. The summed E-state index contributed by atoms with van der Waals surface area (Å²) in [4.78, 5) is 4.89. The minimum atomic E-state index is -0.0917. The Morgan fingerprint density at radius 2 is 1.74 bits per heavy atom. The van der Waals surface area contributed by atoms with Gasteiger partial charge in [0.15, 0.2) is 5.82 Å². The van der Waals surface area contributed by atoms with Crippen LogP contribution in [0.4, 0.5) is 0 Å². The Balaban J connectivity index is 0.00000272. The molecule has 0 spiro atoms. The Morgan fingerprint density at radius 3 is 2.39 bits per heavy atom. The molecule has 1 saturated heterocycles. The van der Waals surface area contributed by atoms with E-state index in [-0.39, 0.29) is 18.4 Å². The van der Waals surface area contributed by atoms with Crippen LogP contribution < -0.4 is 4.74 Å². The normalized spacial score (nSPS) is 16.0. The molecule has 0 amide bonds. The van der Waals surface area contributed by atoms with Gasteiger partial charge in [0.1, 0.15) is 5.75 Å². The molecule has 2 heterocycles. The summed E-state index contributed by atoms with van der Waals surface area (Å²) in [6.45, 7) is 7.80. The zero-order valence-electron chi connectivity index (χ0n) is 17.8. The summed E-state index contributed by atoms with van der Waals surface area (Å²) < 4.78 is 7.14. The van der Waals surface area contributed by atoms with Crippen LogP contribution in [0.15, 0.2) is 48.5 Å². The standard InChI is InChI=1S/C22H27ClN6O.ClH/c1-3-27-12-14-28(15-13-27)21(19-6-4-5-7-20(19)23)22-24-25-26-29(22)16-17-8-10-18(30-2)11-9-17;/h4-11,21H,3,12-16H2,1-2H3;1H. The fourth-order valence-electron chi connectivity index (χ4n) is 3.96. The van der Waals surface area contributed by atoms with Crippen LogP contribution in [-0.2, 0) is 6.54 Å². The highest BCUT2D eigenvalue weighted by molar-refractivity contribution is 6.31. The molecule has 31 heavy (non-hydrogen) atoms. The van der Waals surface area contributed by atoms with Crippen LogP contribution in [0, 0.1) is 0 Å². The smallest absolute Gasteiger partial charge is 0.173 e. The Morgan fingerprint density at radius 1 is 1.03 bits per heavy atom. The molecule has 0 bridgehead atoms. The highest BCUT2D eigenvalue weighted by atomic mass is 35.5. The van der Waals surface area contributed by atoms with Crippen LogP contribution >= 0.6 is 24.0 Å². The highest BCUT2D eigenvalue weighted by Gasteiger charge is 2.31. The summed E-state index contributed by atoms with van der Waals surface area (Å²) in [7, 11) is 1.67. The maximum atomic E-state index is 6.63. The fraction of sp³-hybridized carbons (Fsp3) is 0.409. The SMILES string of the molecule is CCN1CCN(C(c2ccccc2Cl)c2nnnn2Cc2ccc(OC)cc2)CC1.Cl. The number of ether oxygens (including phenoxy) is 1. The maximum Gasteiger partial charge on any atom is 0.173 e. The van der Waals surface area contributed by atoms with Crippen molar-refractivity contribution < 1.29 is 4.74 Å².